The number of anilines is 1. The maximum Gasteiger partial charge on any atom is 0.266 e. The van der Waals surface area contributed by atoms with Gasteiger partial charge in [-0.25, -0.2) is 0 Å². The van der Waals surface area contributed by atoms with Gasteiger partial charge < -0.3 is 14.8 Å². The Bertz CT molecular complexity index is 1090. The van der Waals surface area contributed by atoms with E-state index in [4.69, 9.17) is 21.7 Å². The minimum Gasteiger partial charge on any atom is -0.454 e. The number of ether oxygens (including phenoxy) is 2. The van der Waals surface area contributed by atoms with Gasteiger partial charge in [-0.2, -0.15) is 0 Å². The minimum atomic E-state index is -0.0793. The van der Waals surface area contributed by atoms with E-state index in [9.17, 15) is 9.59 Å². The van der Waals surface area contributed by atoms with Crippen molar-refractivity contribution in [2.45, 2.75) is 25.7 Å². The van der Waals surface area contributed by atoms with E-state index in [1.165, 1.54) is 11.8 Å². The average molecular weight is 533 g/mol. The zero-order chi connectivity index (χ0) is 22.5. The molecule has 6 nitrogen and oxygen atoms in total. The van der Waals surface area contributed by atoms with Crippen LogP contribution in [0.25, 0.3) is 6.08 Å². The molecule has 1 fully saturated rings. The number of amides is 2. The third-order valence-electron chi connectivity index (χ3n) is 5.00. The van der Waals surface area contributed by atoms with Gasteiger partial charge in [0, 0.05) is 17.4 Å². The molecule has 2 aromatic rings. The molecule has 0 atom stereocenters. The lowest BCUT2D eigenvalue weighted by molar-refractivity contribution is -0.122. The van der Waals surface area contributed by atoms with Crippen molar-refractivity contribution < 1.29 is 19.1 Å². The highest BCUT2D eigenvalue weighted by Gasteiger charge is 2.31. The summed E-state index contributed by atoms with van der Waals surface area (Å²) in [6, 6.07) is 13.1. The Labute approximate surface area is 204 Å². The molecule has 0 aliphatic carbocycles. The lowest BCUT2D eigenvalue weighted by atomic mass is 10.1. The first-order valence-corrected chi connectivity index (χ1v) is 12.2. The number of unbranched alkanes of at least 4 members (excludes halogenated alkanes) is 2. The number of hydrogen-bond acceptors (Lipinski definition) is 6. The second kappa shape index (κ2) is 10.5. The quantitative estimate of drug-likeness (QED) is 0.272. The van der Waals surface area contributed by atoms with Gasteiger partial charge in [0.2, 0.25) is 12.7 Å². The molecule has 0 spiro atoms. The lowest BCUT2D eigenvalue weighted by Crippen LogP contribution is -2.29. The van der Waals surface area contributed by atoms with Crippen LogP contribution in [0.4, 0.5) is 5.69 Å². The Morgan fingerprint density at radius 2 is 1.97 bits per heavy atom. The maximum absolute atomic E-state index is 12.8. The van der Waals surface area contributed by atoms with Gasteiger partial charge in [0.1, 0.15) is 4.32 Å². The Hall–Kier alpha value is -2.36. The lowest BCUT2D eigenvalue weighted by Gasteiger charge is -2.14. The molecule has 9 heteroatoms. The van der Waals surface area contributed by atoms with E-state index in [1.807, 2.05) is 48.5 Å². The number of benzene rings is 2. The van der Waals surface area contributed by atoms with Gasteiger partial charge in [-0.15, -0.1) is 0 Å². The summed E-state index contributed by atoms with van der Waals surface area (Å²) in [6.45, 7) is 0.765. The topological polar surface area (TPSA) is 67.9 Å². The largest absolute Gasteiger partial charge is 0.454 e. The first-order chi connectivity index (χ1) is 15.5. The molecule has 0 unspecified atom stereocenters. The summed E-state index contributed by atoms with van der Waals surface area (Å²) in [5.74, 6) is 1.29. The monoisotopic (exact) mass is 532 g/mol. The fourth-order valence-corrected chi connectivity index (χ4v) is 5.05. The molecule has 32 heavy (non-hydrogen) atoms. The molecular weight excluding hydrogens is 512 g/mol. The van der Waals surface area contributed by atoms with Crippen LogP contribution in [0, 0.1) is 0 Å². The number of carbonyl (C=O) groups excluding carboxylic acids is 2. The predicted molar refractivity (Wildman–Crippen MR) is 134 cm³/mol. The highest BCUT2D eigenvalue weighted by atomic mass is 79.9. The molecule has 0 bridgehead atoms. The van der Waals surface area contributed by atoms with Crippen molar-refractivity contribution >= 4 is 67.8 Å². The maximum atomic E-state index is 12.8. The van der Waals surface area contributed by atoms with Gasteiger partial charge in [-0.3, -0.25) is 14.5 Å². The van der Waals surface area contributed by atoms with Crippen LogP contribution in [0.1, 0.15) is 31.2 Å². The Kier molecular flexibility index (Phi) is 7.49. The fourth-order valence-electron chi connectivity index (χ4n) is 3.35. The number of hydrogen-bond donors (Lipinski definition) is 1. The molecule has 1 saturated heterocycles. The molecule has 1 N–H and O–H groups in total. The molecule has 2 aliphatic heterocycles. The van der Waals surface area contributed by atoms with Crippen LogP contribution in [-0.2, 0) is 9.59 Å². The fraction of sp³-hybridized carbons (Fsp3) is 0.261. The highest BCUT2D eigenvalue weighted by Crippen LogP contribution is 2.36. The molecule has 4 rings (SSSR count). The number of para-hydroxylation sites is 1. The summed E-state index contributed by atoms with van der Waals surface area (Å²) in [6.07, 6.45) is 4.63. The number of nitrogens with one attached hydrogen (secondary N) is 1. The Morgan fingerprint density at radius 1 is 1.16 bits per heavy atom. The van der Waals surface area contributed by atoms with E-state index in [1.54, 1.807) is 4.90 Å². The third kappa shape index (κ3) is 5.51. The van der Waals surface area contributed by atoms with E-state index < -0.39 is 0 Å². The van der Waals surface area contributed by atoms with Crippen molar-refractivity contribution in [2.24, 2.45) is 0 Å². The summed E-state index contributed by atoms with van der Waals surface area (Å²) >= 11 is 10.1. The molecule has 0 radical (unpaired) electrons. The van der Waals surface area contributed by atoms with Crippen LogP contribution >= 0.6 is 39.9 Å². The van der Waals surface area contributed by atoms with Crippen molar-refractivity contribution in [2.75, 3.05) is 18.7 Å². The van der Waals surface area contributed by atoms with Crippen molar-refractivity contribution in [3.05, 3.63) is 57.4 Å². The summed E-state index contributed by atoms with van der Waals surface area (Å²) in [5, 5.41) is 2.90. The van der Waals surface area contributed by atoms with E-state index >= 15 is 0 Å². The smallest absolute Gasteiger partial charge is 0.266 e. The van der Waals surface area contributed by atoms with Gasteiger partial charge in [-0.05, 0) is 64.7 Å². The van der Waals surface area contributed by atoms with Crippen LogP contribution in [0.15, 0.2) is 51.8 Å². The van der Waals surface area contributed by atoms with Crippen LogP contribution in [0.3, 0.4) is 0 Å². The van der Waals surface area contributed by atoms with E-state index in [-0.39, 0.29) is 18.6 Å². The van der Waals surface area contributed by atoms with E-state index in [2.05, 4.69) is 21.2 Å². The van der Waals surface area contributed by atoms with Crippen LogP contribution in [0.2, 0.25) is 0 Å². The normalized spacial score (nSPS) is 16.2. The van der Waals surface area contributed by atoms with Gasteiger partial charge in [0.05, 0.1) is 10.6 Å². The Morgan fingerprint density at radius 3 is 2.81 bits per heavy atom. The van der Waals surface area contributed by atoms with Crippen LogP contribution in [-0.4, -0.2) is 34.4 Å². The number of fused-ring (bicyclic) bond motifs is 1. The van der Waals surface area contributed by atoms with Gasteiger partial charge in [-0.1, -0.05) is 48.6 Å². The van der Waals surface area contributed by atoms with E-state index in [0.717, 1.165) is 35.0 Å². The second-order valence-electron chi connectivity index (χ2n) is 7.28. The number of halogens is 1. The molecular formula is C23H21BrN2O4S2. The summed E-state index contributed by atoms with van der Waals surface area (Å²) < 4.78 is 12.1. The second-order valence-corrected chi connectivity index (χ2v) is 9.81. The first kappa shape index (κ1) is 22.8. The number of thioether (sulfide) groups is 1. The van der Waals surface area contributed by atoms with Gasteiger partial charge in [0.15, 0.2) is 11.5 Å². The Balaban J connectivity index is 1.23. The third-order valence-corrected chi connectivity index (χ3v) is 7.07. The average Bonchev–Trinajstić information content (AvgIpc) is 3.34. The zero-order valence-electron chi connectivity index (χ0n) is 17.1. The first-order valence-electron chi connectivity index (χ1n) is 10.2. The van der Waals surface area contributed by atoms with Gasteiger partial charge >= 0.3 is 0 Å². The van der Waals surface area contributed by atoms with Crippen LogP contribution in [0.5, 0.6) is 11.5 Å². The molecule has 2 heterocycles. The summed E-state index contributed by atoms with van der Waals surface area (Å²) in [5.41, 5.74) is 1.63. The van der Waals surface area contributed by atoms with Crippen molar-refractivity contribution in [1.29, 1.82) is 0 Å². The number of thiocarbonyl (C=S) groups is 1. The number of nitrogens with zero attached hydrogens (tertiary/aromatic N) is 1. The minimum absolute atomic E-state index is 0.0193. The highest BCUT2D eigenvalue weighted by molar-refractivity contribution is 9.10. The van der Waals surface area contributed by atoms with Crippen molar-refractivity contribution in [3.8, 4) is 11.5 Å². The number of carbonyl (C=O) groups is 2. The van der Waals surface area contributed by atoms with Crippen molar-refractivity contribution in [1.82, 2.24) is 4.90 Å². The molecule has 0 saturated carbocycles. The SMILES string of the molecule is O=C(CCCCCN1C(=O)/C(=C/c2ccc3c(c2)OCO3)SC1=S)Nc1ccccc1Br. The molecule has 2 aliphatic rings. The molecule has 2 amide bonds. The standard InChI is InChI=1S/C23H21BrN2O4S2/c24-16-6-3-4-7-17(16)25-21(27)8-2-1-5-11-26-22(28)20(32-23(26)31)13-15-9-10-18-19(12-15)30-14-29-18/h3-4,6-7,9-10,12-13H,1-2,5,8,11,14H2,(H,25,27)/b20-13-. The molecule has 2 aromatic carbocycles. The zero-order valence-corrected chi connectivity index (χ0v) is 20.4. The molecule has 166 valence electrons. The summed E-state index contributed by atoms with van der Waals surface area (Å²) in [7, 11) is 0. The number of rotatable bonds is 8. The van der Waals surface area contributed by atoms with Crippen LogP contribution < -0.4 is 14.8 Å². The molecule has 0 aromatic heterocycles. The summed E-state index contributed by atoms with van der Waals surface area (Å²) in [4.78, 5) is 27.2. The van der Waals surface area contributed by atoms with E-state index in [0.29, 0.717) is 33.7 Å². The predicted octanol–water partition coefficient (Wildman–Crippen LogP) is 5.58. The van der Waals surface area contributed by atoms with Gasteiger partial charge in [0.25, 0.3) is 5.91 Å². The van der Waals surface area contributed by atoms with Crippen molar-refractivity contribution in [3.63, 3.8) is 0 Å².